The van der Waals surface area contributed by atoms with Gasteiger partial charge >= 0.3 is 6.09 Å². The number of carbonyl (C=O) groups is 1. The van der Waals surface area contributed by atoms with E-state index < -0.39 is 6.09 Å². The molecule has 1 aromatic carbocycles. The summed E-state index contributed by atoms with van der Waals surface area (Å²) < 4.78 is 23.4. The summed E-state index contributed by atoms with van der Waals surface area (Å²) in [7, 11) is 0. The summed E-state index contributed by atoms with van der Waals surface area (Å²) in [6.07, 6.45) is 0.188. The van der Waals surface area contributed by atoms with Crippen LogP contribution < -0.4 is 0 Å². The van der Waals surface area contributed by atoms with Crippen molar-refractivity contribution in [2.45, 2.75) is 13.0 Å². The average molecular weight is 325 g/mol. The van der Waals surface area contributed by atoms with Crippen LogP contribution in [-0.2, 0) is 17.7 Å². The highest BCUT2D eigenvalue weighted by molar-refractivity contribution is 6.18. The smallest absolute Gasteiger partial charge is 0.410 e. The van der Waals surface area contributed by atoms with Crippen LogP contribution in [0.25, 0.3) is 11.3 Å². The Morgan fingerprint density at radius 3 is 2.91 bits per heavy atom. The number of amides is 1. The molecule has 0 N–H and O–H groups in total. The Bertz CT molecular complexity index is 672. The number of hydrogen-bond acceptors (Lipinski definition) is 4. The molecule has 116 valence electrons. The third-order valence-electron chi connectivity index (χ3n) is 3.50. The molecule has 0 radical (unpaired) electrons. The van der Waals surface area contributed by atoms with Gasteiger partial charge in [-0.05, 0) is 24.3 Å². The highest BCUT2D eigenvalue weighted by Crippen LogP contribution is 2.30. The van der Waals surface area contributed by atoms with Crippen LogP contribution in [-0.4, -0.2) is 35.2 Å². The highest BCUT2D eigenvalue weighted by Gasteiger charge is 2.28. The van der Waals surface area contributed by atoms with E-state index in [1.807, 2.05) is 0 Å². The van der Waals surface area contributed by atoms with Gasteiger partial charge in [-0.25, -0.2) is 9.18 Å². The molecule has 1 aliphatic heterocycles. The molecule has 0 spiro atoms. The number of carbonyl (C=O) groups excluding carboxylic acids is 1. The number of fused-ring (bicyclic) bond motifs is 1. The predicted molar refractivity (Wildman–Crippen MR) is 78.1 cm³/mol. The van der Waals surface area contributed by atoms with E-state index in [0.717, 1.165) is 16.8 Å². The molecule has 0 atom stereocenters. The highest BCUT2D eigenvalue weighted by atomic mass is 35.5. The van der Waals surface area contributed by atoms with Gasteiger partial charge in [0.25, 0.3) is 0 Å². The maximum atomic E-state index is 13.0. The van der Waals surface area contributed by atoms with Gasteiger partial charge in [-0.1, -0.05) is 5.16 Å². The zero-order valence-corrected chi connectivity index (χ0v) is 12.5. The number of halogens is 2. The summed E-state index contributed by atoms with van der Waals surface area (Å²) in [4.78, 5) is 13.5. The van der Waals surface area contributed by atoms with Crippen LogP contribution in [0, 0.1) is 5.82 Å². The molecule has 0 unspecified atom stereocenters. The molecule has 1 aromatic heterocycles. The van der Waals surface area contributed by atoms with Crippen molar-refractivity contribution in [2.75, 3.05) is 19.0 Å². The maximum Gasteiger partial charge on any atom is 0.410 e. The summed E-state index contributed by atoms with van der Waals surface area (Å²) in [5, 5.41) is 4.04. The van der Waals surface area contributed by atoms with Gasteiger partial charge in [0.1, 0.15) is 12.4 Å². The number of ether oxygens (including phenoxy) is 1. The zero-order chi connectivity index (χ0) is 15.5. The second kappa shape index (κ2) is 6.36. The third kappa shape index (κ3) is 2.92. The van der Waals surface area contributed by atoms with Gasteiger partial charge in [-0.15, -0.1) is 11.6 Å². The van der Waals surface area contributed by atoms with Crippen molar-refractivity contribution in [1.29, 1.82) is 0 Å². The van der Waals surface area contributed by atoms with Crippen molar-refractivity contribution in [1.82, 2.24) is 10.1 Å². The normalized spacial score (nSPS) is 13.8. The Hall–Kier alpha value is -2.08. The Kier molecular flexibility index (Phi) is 4.29. The lowest BCUT2D eigenvalue weighted by Crippen LogP contribution is -2.36. The van der Waals surface area contributed by atoms with Crippen LogP contribution in [0.2, 0.25) is 0 Å². The Balaban J connectivity index is 1.82. The minimum Gasteiger partial charge on any atom is -0.448 e. The lowest BCUT2D eigenvalue weighted by atomic mass is 10.0. The number of alkyl halides is 1. The lowest BCUT2D eigenvalue weighted by molar-refractivity contribution is 0.103. The van der Waals surface area contributed by atoms with Crippen molar-refractivity contribution >= 4 is 17.7 Å². The van der Waals surface area contributed by atoms with E-state index in [4.69, 9.17) is 20.9 Å². The molecule has 2 aromatic rings. The molecule has 7 heteroatoms. The molecule has 0 saturated heterocycles. The molecule has 0 fully saturated rings. The van der Waals surface area contributed by atoms with E-state index in [9.17, 15) is 9.18 Å². The van der Waals surface area contributed by atoms with E-state index in [1.165, 1.54) is 12.1 Å². The number of benzene rings is 1. The van der Waals surface area contributed by atoms with E-state index >= 15 is 0 Å². The van der Waals surface area contributed by atoms with Crippen LogP contribution in [0.3, 0.4) is 0 Å². The molecular formula is C15H14ClFN2O3. The topological polar surface area (TPSA) is 55.6 Å². The summed E-state index contributed by atoms with van der Waals surface area (Å²) in [6.45, 7) is 1.05. The maximum absolute atomic E-state index is 13.0. The largest absolute Gasteiger partial charge is 0.448 e. The van der Waals surface area contributed by atoms with Crippen molar-refractivity contribution in [2.24, 2.45) is 0 Å². The van der Waals surface area contributed by atoms with Gasteiger partial charge in [-0.2, -0.15) is 0 Å². The Morgan fingerprint density at radius 2 is 2.18 bits per heavy atom. The fourth-order valence-corrected chi connectivity index (χ4v) is 2.49. The standard InChI is InChI=1S/C15H14ClFN2O3/c16-6-8-21-15(20)19-7-5-13-12(9-19)14(22-18-13)10-1-3-11(17)4-2-10/h1-4H,5-9H2. The summed E-state index contributed by atoms with van der Waals surface area (Å²) in [5.41, 5.74) is 2.38. The minimum absolute atomic E-state index is 0.179. The first-order valence-electron chi connectivity index (χ1n) is 6.90. The molecule has 1 amide bonds. The number of nitrogens with zero attached hydrogens (tertiary/aromatic N) is 2. The Labute approximate surface area is 131 Å². The summed E-state index contributed by atoms with van der Waals surface area (Å²) >= 11 is 5.51. The first kappa shape index (κ1) is 14.8. The summed E-state index contributed by atoms with van der Waals surface area (Å²) in [5.74, 6) is 0.507. The van der Waals surface area contributed by atoms with Crippen molar-refractivity contribution in [3.63, 3.8) is 0 Å². The van der Waals surface area contributed by atoms with E-state index in [0.29, 0.717) is 25.3 Å². The average Bonchev–Trinajstić information content (AvgIpc) is 2.96. The van der Waals surface area contributed by atoms with Gasteiger partial charge in [0.2, 0.25) is 0 Å². The number of aromatic nitrogens is 1. The second-order valence-electron chi connectivity index (χ2n) is 4.92. The molecular weight excluding hydrogens is 311 g/mol. The lowest BCUT2D eigenvalue weighted by Gasteiger charge is -2.25. The van der Waals surface area contributed by atoms with E-state index in [1.54, 1.807) is 17.0 Å². The van der Waals surface area contributed by atoms with Crippen molar-refractivity contribution < 1.29 is 18.4 Å². The molecule has 22 heavy (non-hydrogen) atoms. The van der Waals surface area contributed by atoms with Gasteiger partial charge < -0.3 is 14.2 Å². The van der Waals surface area contributed by atoms with E-state index in [-0.39, 0.29) is 18.3 Å². The summed E-state index contributed by atoms with van der Waals surface area (Å²) in [6, 6.07) is 5.97. The van der Waals surface area contributed by atoms with Crippen LogP contribution in [0.15, 0.2) is 28.8 Å². The van der Waals surface area contributed by atoms with Crippen molar-refractivity contribution in [3.8, 4) is 11.3 Å². The molecule has 0 aliphatic carbocycles. The number of hydrogen-bond donors (Lipinski definition) is 0. The first-order chi connectivity index (χ1) is 10.7. The van der Waals surface area contributed by atoms with Crippen molar-refractivity contribution in [3.05, 3.63) is 41.3 Å². The number of rotatable bonds is 3. The van der Waals surface area contributed by atoms with Crippen LogP contribution in [0.4, 0.5) is 9.18 Å². The van der Waals surface area contributed by atoms with E-state index in [2.05, 4.69) is 5.16 Å². The fourth-order valence-electron chi connectivity index (χ4n) is 2.41. The van der Waals surface area contributed by atoms with Crippen LogP contribution in [0.5, 0.6) is 0 Å². The minimum atomic E-state index is -0.405. The van der Waals surface area contributed by atoms with Crippen LogP contribution >= 0.6 is 11.6 Å². The van der Waals surface area contributed by atoms with Gasteiger partial charge in [0.15, 0.2) is 5.76 Å². The first-order valence-corrected chi connectivity index (χ1v) is 7.43. The third-order valence-corrected chi connectivity index (χ3v) is 3.66. The molecule has 3 rings (SSSR count). The van der Waals surface area contributed by atoms with Gasteiger partial charge in [-0.3, -0.25) is 0 Å². The Morgan fingerprint density at radius 1 is 1.41 bits per heavy atom. The molecule has 0 saturated carbocycles. The fraction of sp³-hybridized carbons (Fsp3) is 0.333. The molecule has 5 nitrogen and oxygen atoms in total. The quantitative estimate of drug-likeness (QED) is 0.813. The zero-order valence-electron chi connectivity index (χ0n) is 11.7. The molecule has 1 aliphatic rings. The monoisotopic (exact) mass is 324 g/mol. The second-order valence-corrected chi connectivity index (χ2v) is 5.30. The molecule has 2 heterocycles. The predicted octanol–water partition coefficient (Wildman–Crippen LogP) is 3.21. The van der Waals surface area contributed by atoms with Gasteiger partial charge in [0, 0.05) is 24.1 Å². The van der Waals surface area contributed by atoms with Gasteiger partial charge in [0.05, 0.1) is 18.1 Å². The SMILES string of the molecule is O=C(OCCCl)N1CCc2noc(-c3ccc(F)cc3)c2C1. The molecule has 0 bridgehead atoms. The van der Waals surface area contributed by atoms with Crippen LogP contribution in [0.1, 0.15) is 11.3 Å².